The lowest BCUT2D eigenvalue weighted by Gasteiger charge is -2.18. The molecule has 5 heteroatoms. The van der Waals surface area contributed by atoms with Gasteiger partial charge in [0, 0.05) is 10.9 Å². The lowest BCUT2D eigenvalue weighted by Crippen LogP contribution is -2.09. The van der Waals surface area contributed by atoms with Gasteiger partial charge < -0.3 is 15.2 Å². The lowest BCUT2D eigenvalue weighted by molar-refractivity contribution is 0.410. The molecule has 2 N–H and O–H groups in total. The molecule has 0 aliphatic carbocycles. The molecule has 0 saturated carbocycles. The van der Waals surface area contributed by atoms with E-state index in [1.165, 1.54) is 6.33 Å². The maximum absolute atomic E-state index is 10.1. The predicted octanol–water partition coefficient (Wildman–Crippen LogP) is 3.52. The van der Waals surface area contributed by atoms with Gasteiger partial charge >= 0.3 is 0 Å². The van der Waals surface area contributed by atoms with Crippen molar-refractivity contribution in [2.45, 2.75) is 13.0 Å². The van der Waals surface area contributed by atoms with Crippen molar-refractivity contribution in [1.82, 2.24) is 9.97 Å². The van der Waals surface area contributed by atoms with Crippen molar-refractivity contribution in [3.8, 4) is 11.5 Å². The molecule has 5 nitrogen and oxygen atoms in total. The SMILES string of the molecule is COc1ccc(O)c(C(C)Nc2ncnc3ccccc23)c1. The van der Waals surface area contributed by atoms with Crippen LogP contribution >= 0.6 is 0 Å². The number of phenols is 1. The number of fused-ring (bicyclic) bond motifs is 1. The molecular formula is C17H17N3O2. The number of phenolic OH excluding ortho intramolecular Hbond substituents is 1. The smallest absolute Gasteiger partial charge is 0.137 e. The zero-order valence-corrected chi connectivity index (χ0v) is 12.4. The molecule has 0 aliphatic heterocycles. The number of nitrogens with one attached hydrogen (secondary N) is 1. The van der Waals surface area contributed by atoms with Crippen LogP contribution in [0.25, 0.3) is 10.9 Å². The Morgan fingerprint density at radius 2 is 1.95 bits per heavy atom. The third-order valence-corrected chi connectivity index (χ3v) is 3.60. The van der Waals surface area contributed by atoms with E-state index in [4.69, 9.17) is 4.74 Å². The van der Waals surface area contributed by atoms with Crippen LogP contribution in [-0.4, -0.2) is 22.2 Å². The van der Waals surface area contributed by atoms with Gasteiger partial charge in [0.15, 0.2) is 0 Å². The Morgan fingerprint density at radius 1 is 1.14 bits per heavy atom. The van der Waals surface area contributed by atoms with E-state index in [2.05, 4.69) is 15.3 Å². The van der Waals surface area contributed by atoms with E-state index in [1.807, 2.05) is 37.3 Å². The number of hydrogen-bond acceptors (Lipinski definition) is 5. The van der Waals surface area contributed by atoms with Crippen LogP contribution in [-0.2, 0) is 0 Å². The summed E-state index contributed by atoms with van der Waals surface area (Å²) in [5.41, 5.74) is 1.63. The first-order valence-electron chi connectivity index (χ1n) is 7.02. The van der Waals surface area contributed by atoms with Crippen molar-refractivity contribution < 1.29 is 9.84 Å². The van der Waals surface area contributed by atoms with Gasteiger partial charge in [0.05, 0.1) is 18.7 Å². The van der Waals surface area contributed by atoms with Gasteiger partial charge in [-0.1, -0.05) is 12.1 Å². The number of methoxy groups -OCH3 is 1. The highest BCUT2D eigenvalue weighted by atomic mass is 16.5. The van der Waals surface area contributed by atoms with Gasteiger partial charge in [-0.05, 0) is 37.3 Å². The summed E-state index contributed by atoms with van der Waals surface area (Å²) >= 11 is 0. The second kappa shape index (κ2) is 5.89. The molecule has 3 aromatic rings. The van der Waals surface area contributed by atoms with Crippen molar-refractivity contribution in [3.05, 3.63) is 54.4 Å². The fourth-order valence-corrected chi connectivity index (χ4v) is 2.41. The molecule has 0 fully saturated rings. The number of anilines is 1. The summed E-state index contributed by atoms with van der Waals surface area (Å²) in [5, 5.41) is 14.3. The minimum atomic E-state index is -0.131. The largest absolute Gasteiger partial charge is 0.508 e. The molecule has 1 heterocycles. The maximum Gasteiger partial charge on any atom is 0.137 e. The van der Waals surface area contributed by atoms with E-state index < -0.39 is 0 Å². The highest BCUT2D eigenvalue weighted by Crippen LogP contribution is 2.31. The fraction of sp³-hybridized carbons (Fsp3) is 0.176. The fourth-order valence-electron chi connectivity index (χ4n) is 2.41. The Bertz CT molecular complexity index is 800. The number of aromatic hydroxyl groups is 1. The van der Waals surface area contributed by atoms with E-state index in [9.17, 15) is 5.11 Å². The Morgan fingerprint density at radius 3 is 2.77 bits per heavy atom. The van der Waals surface area contributed by atoms with Crippen molar-refractivity contribution in [2.24, 2.45) is 0 Å². The number of para-hydroxylation sites is 1. The highest BCUT2D eigenvalue weighted by molar-refractivity contribution is 5.88. The van der Waals surface area contributed by atoms with Crippen molar-refractivity contribution in [1.29, 1.82) is 0 Å². The van der Waals surface area contributed by atoms with E-state index in [1.54, 1.807) is 19.2 Å². The molecule has 0 aliphatic rings. The summed E-state index contributed by atoms with van der Waals surface area (Å²) in [4.78, 5) is 8.56. The summed E-state index contributed by atoms with van der Waals surface area (Å²) in [5.74, 6) is 1.66. The topological polar surface area (TPSA) is 67.3 Å². The van der Waals surface area contributed by atoms with Crippen molar-refractivity contribution >= 4 is 16.7 Å². The van der Waals surface area contributed by atoms with Gasteiger partial charge in [0.1, 0.15) is 23.6 Å². The second-order valence-electron chi connectivity index (χ2n) is 5.03. The molecule has 1 atom stereocenters. The molecule has 1 unspecified atom stereocenters. The Kier molecular flexibility index (Phi) is 3.78. The summed E-state index contributed by atoms with van der Waals surface area (Å²) in [6.07, 6.45) is 1.53. The first kappa shape index (κ1) is 14.1. The van der Waals surface area contributed by atoms with Gasteiger partial charge in [0.25, 0.3) is 0 Å². The average Bonchev–Trinajstić information content (AvgIpc) is 2.55. The molecule has 0 saturated heterocycles. The molecule has 1 aromatic heterocycles. The molecule has 22 heavy (non-hydrogen) atoms. The van der Waals surface area contributed by atoms with Crippen LogP contribution in [0.5, 0.6) is 11.5 Å². The zero-order valence-electron chi connectivity index (χ0n) is 12.4. The van der Waals surface area contributed by atoms with Gasteiger partial charge in [-0.2, -0.15) is 0 Å². The van der Waals surface area contributed by atoms with Crippen LogP contribution in [0.15, 0.2) is 48.8 Å². The number of aromatic nitrogens is 2. The standard InChI is InChI=1S/C17H17N3O2/c1-11(14-9-12(22-2)7-8-16(14)21)20-17-13-5-3-4-6-15(13)18-10-19-17/h3-11,21H,1-2H3,(H,18,19,20). The van der Waals surface area contributed by atoms with Crippen LogP contribution in [0.4, 0.5) is 5.82 Å². The number of ether oxygens (including phenoxy) is 1. The third kappa shape index (κ3) is 2.65. The van der Waals surface area contributed by atoms with E-state index in [0.717, 1.165) is 22.3 Å². The second-order valence-corrected chi connectivity index (χ2v) is 5.03. The minimum Gasteiger partial charge on any atom is -0.508 e. The van der Waals surface area contributed by atoms with E-state index in [-0.39, 0.29) is 11.8 Å². The Labute approximate surface area is 128 Å². The van der Waals surface area contributed by atoms with Crippen LogP contribution in [0.1, 0.15) is 18.5 Å². The Hall–Kier alpha value is -2.82. The first-order chi connectivity index (χ1) is 10.7. The highest BCUT2D eigenvalue weighted by Gasteiger charge is 2.13. The van der Waals surface area contributed by atoms with E-state index >= 15 is 0 Å². The van der Waals surface area contributed by atoms with Gasteiger partial charge in [-0.15, -0.1) is 0 Å². The van der Waals surface area contributed by atoms with Gasteiger partial charge in [0.2, 0.25) is 0 Å². The molecule has 3 rings (SSSR count). The van der Waals surface area contributed by atoms with Gasteiger partial charge in [-0.25, -0.2) is 9.97 Å². The van der Waals surface area contributed by atoms with Crippen LogP contribution in [0, 0.1) is 0 Å². The first-order valence-corrected chi connectivity index (χ1v) is 7.02. The average molecular weight is 295 g/mol. The molecule has 0 bridgehead atoms. The zero-order chi connectivity index (χ0) is 15.5. The summed E-state index contributed by atoms with van der Waals surface area (Å²) < 4.78 is 5.22. The quantitative estimate of drug-likeness (QED) is 0.771. The molecule has 112 valence electrons. The number of nitrogens with zero attached hydrogens (tertiary/aromatic N) is 2. The lowest BCUT2D eigenvalue weighted by atomic mass is 10.1. The van der Waals surface area contributed by atoms with Crippen molar-refractivity contribution in [2.75, 3.05) is 12.4 Å². The minimum absolute atomic E-state index is 0.131. The monoisotopic (exact) mass is 295 g/mol. The molecule has 0 amide bonds. The number of benzene rings is 2. The summed E-state index contributed by atoms with van der Waals surface area (Å²) in [6, 6.07) is 12.8. The molecule has 2 aromatic carbocycles. The summed E-state index contributed by atoms with van der Waals surface area (Å²) in [6.45, 7) is 1.96. The molecule has 0 spiro atoms. The van der Waals surface area contributed by atoms with Crippen LogP contribution in [0.3, 0.4) is 0 Å². The number of hydrogen-bond donors (Lipinski definition) is 2. The van der Waals surface area contributed by atoms with Crippen LogP contribution in [0.2, 0.25) is 0 Å². The molecule has 0 radical (unpaired) electrons. The maximum atomic E-state index is 10.1. The van der Waals surface area contributed by atoms with Gasteiger partial charge in [-0.3, -0.25) is 0 Å². The molecular weight excluding hydrogens is 278 g/mol. The normalized spacial score (nSPS) is 12.1. The van der Waals surface area contributed by atoms with E-state index in [0.29, 0.717) is 5.75 Å². The third-order valence-electron chi connectivity index (χ3n) is 3.60. The number of rotatable bonds is 4. The Balaban J connectivity index is 1.95. The van der Waals surface area contributed by atoms with Crippen molar-refractivity contribution in [3.63, 3.8) is 0 Å². The van der Waals surface area contributed by atoms with Crippen LogP contribution < -0.4 is 10.1 Å². The summed E-state index contributed by atoms with van der Waals surface area (Å²) in [7, 11) is 1.60. The predicted molar refractivity (Wildman–Crippen MR) is 86.2 cm³/mol.